The van der Waals surface area contributed by atoms with Crippen LogP contribution < -0.4 is 5.32 Å². The molecule has 0 spiro atoms. The van der Waals surface area contributed by atoms with E-state index >= 15 is 0 Å². The number of nitrogens with zero attached hydrogens (tertiary/aromatic N) is 1. The van der Waals surface area contributed by atoms with Gasteiger partial charge < -0.3 is 14.6 Å². The summed E-state index contributed by atoms with van der Waals surface area (Å²) in [6, 6.07) is 2.04. The van der Waals surface area contributed by atoms with E-state index in [1.54, 1.807) is 6.26 Å². The number of nitrogens with one attached hydrogen (secondary N) is 1. The van der Waals surface area contributed by atoms with Gasteiger partial charge in [-0.3, -0.25) is 0 Å². The van der Waals surface area contributed by atoms with Gasteiger partial charge in [0, 0.05) is 25.2 Å². The lowest BCUT2D eigenvalue weighted by Crippen LogP contribution is -2.40. The number of rotatable bonds is 9. The summed E-state index contributed by atoms with van der Waals surface area (Å²) in [4.78, 5) is 2.39. The fourth-order valence-corrected chi connectivity index (χ4v) is 2.66. The van der Waals surface area contributed by atoms with Crippen molar-refractivity contribution in [2.24, 2.45) is 5.41 Å². The largest absolute Gasteiger partial charge is 0.472 e. The molecular formula is C15H28N2O. The lowest BCUT2D eigenvalue weighted by atomic mass is 9.85. The molecular weight excluding hydrogens is 224 g/mol. The average Bonchev–Trinajstić information content (AvgIpc) is 2.79. The highest BCUT2D eigenvalue weighted by Gasteiger charge is 2.24. The van der Waals surface area contributed by atoms with Crippen LogP contribution in [-0.4, -0.2) is 31.6 Å². The van der Waals surface area contributed by atoms with Crippen molar-refractivity contribution in [3.05, 3.63) is 24.2 Å². The second kappa shape index (κ2) is 7.59. The SMILES string of the molecule is CCCC(C)(CNCC)CN(C)Cc1ccoc1. The van der Waals surface area contributed by atoms with E-state index in [0.717, 1.165) is 26.2 Å². The predicted octanol–water partition coefficient (Wildman–Crippen LogP) is 3.13. The lowest BCUT2D eigenvalue weighted by Gasteiger charge is -2.34. The minimum Gasteiger partial charge on any atom is -0.472 e. The maximum Gasteiger partial charge on any atom is 0.0947 e. The summed E-state index contributed by atoms with van der Waals surface area (Å²) < 4.78 is 5.12. The second-order valence-electron chi connectivity index (χ2n) is 5.64. The zero-order valence-electron chi connectivity index (χ0n) is 12.3. The highest BCUT2D eigenvalue weighted by Crippen LogP contribution is 2.24. The maximum absolute atomic E-state index is 5.12. The van der Waals surface area contributed by atoms with E-state index in [1.165, 1.54) is 18.4 Å². The van der Waals surface area contributed by atoms with Gasteiger partial charge in [0.25, 0.3) is 0 Å². The Balaban J connectivity index is 2.48. The fraction of sp³-hybridized carbons (Fsp3) is 0.733. The first-order chi connectivity index (χ1) is 8.59. The highest BCUT2D eigenvalue weighted by atomic mass is 16.3. The summed E-state index contributed by atoms with van der Waals surface area (Å²) in [6.07, 6.45) is 6.07. The van der Waals surface area contributed by atoms with Crippen LogP contribution in [0.3, 0.4) is 0 Å². The van der Waals surface area contributed by atoms with Crippen LogP contribution in [0, 0.1) is 5.41 Å². The maximum atomic E-state index is 5.12. The van der Waals surface area contributed by atoms with E-state index in [2.05, 4.69) is 38.0 Å². The molecule has 1 heterocycles. The molecule has 1 aromatic heterocycles. The van der Waals surface area contributed by atoms with Crippen molar-refractivity contribution in [3.8, 4) is 0 Å². The van der Waals surface area contributed by atoms with Crippen molar-refractivity contribution < 1.29 is 4.42 Å². The molecule has 0 saturated heterocycles. The molecule has 1 unspecified atom stereocenters. The Hall–Kier alpha value is -0.800. The third-order valence-corrected chi connectivity index (χ3v) is 3.34. The van der Waals surface area contributed by atoms with Gasteiger partial charge in [-0.1, -0.05) is 27.2 Å². The monoisotopic (exact) mass is 252 g/mol. The zero-order chi connectivity index (χ0) is 13.4. The number of hydrogen-bond donors (Lipinski definition) is 1. The van der Waals surface area contributed by atoms with Crippen LogP contribution in [0.15, 0.2) is 23.0 Å². The first-order valence-electron chi connectivity index (χ1n) is 7.00. The van der Waals surface area contributed by atoms with Crippen LogP contribution in [0.5, 0.6) is 0 Å². The summed E-state index contributed by atoms with van der Waals surface area (Å²) in [7, 11) is 2.19. The molecule has 0 aliphatic heterocycles. The molecule has 104 valence electrons. The summed E-state index contributed by atoms with van der Waals surface area (Å²) in [6.45, 7) is 11.0. The van der Waals surface area contributed by atoms with E-state index in [4.69, 9.17) is 4.42 Å². The van der Waals surface area contributed by atoms with E-state index in [1.807, 2.05) is 12.3 Å². The topological polar surface area (TPSA) is 28.4 Å². The van der Waals surface area contributed by atoms with Gasteiger partial charge in [-0.15, -0.1) is 0 Å². The van der Waals surface area contributed by atoms with Crippen LogP contribution in [0.1, 0.15) is 39.2 Å². The highest BCUT2D eigenvalue weighted by molar-refractivity contribution is 5.04. The van der Waals surface area contributed by atoms with Gasteiger partial charge in [0.1, 0.15) is 0 Å². The summed E-state index contributed by atoms with van der Waals surface area (Å²) in [5.74, 6) is 0. The van der Waals surface area contributed by atoms with Crippen molar-refractivity contribution in [2.45, 2.75) is 40.2 Å². The molecule has 0 fully saturated rings. The molecule has 3 heteroatoms. The predicted molar refractivity (Wildman–Crippen MR) is 76.6 cm³/mol. The van der Waals surface area contributed by atoms with Crippen molar-refractivity contribution >= 4 is 0 Å². The molecule has 3 nitrogen and oxygen atoms in total. The Morgan fingerprint density at radius 2 is 2.17 bits per heavy atom. The Kier molecular flexibility index (Phi) is 6.44. The molecule has 0 radical (unpaired) electrons. The van der Waals surface area contributed by atoms with Gasteiger partial charge in [-0.05, 0) is 31.5 Å². The van der Waals surface area contributed by atoms with Gasteiger partial charge in [0.2, 0.25) is 0 Å². The Bertz CT molecular complexity index is 310. The van der Waals surface area contributed by atoms with E-state index < -0.39 is 0 Å². The third kappa shape index (κ3) is 5.23. The van der Waals surface area contributed by atoms with E-state index in [9.17, 15) is 0 Å². The molecule has 1 aromatic rings. The molecule has 0 bridgehead atoms. The van der Waals surface area contributed by atoms with Gasteiger partial charge >= 0.3 is 0 Å². The van der Waals surface area contributed by atoms with Crippen molar-refractivity contribution in [2.75, 3.05) is 26.7 Å². The fourth-order valence-electron chi connectivity index (χ4n) is 2.66. The Morgan fingerprint density at radius 3 is 2.72 bits per heavy atom. The quantitative estimate of drug-likeness (QED) is 0.732. The Labute approximate surface area is 112 Å². The minimum absolute atomic E-state index is 0.350. The van der Waals surface area contributed by atoms with Crippen molar-refractivity contribution in [1.82, 2.24) is 10.2 Å². The van der Waals surface area contributed by atoms with Crippen LogP contribution in [0.25, 0.3) is 0 Å². The third-order valence-electron chi connectivity index (χ3n) is 3.34. The molecule has 1 atom stereocenters. The first kappa shape index (κ1) is 15.3. The summed E-state index contributed by atoms with van der Waals surface area (Å²) in [5.41, 5.74) is 1.60. The van der Waals surface area contributed by atoms with Gasteiger partial charge in [0.15, 0.2) is 0 Å². The standard InChI is InChI=1S/C15H28N2O/c1-5-8-15(3,12-16-6-2)13-17(4)10-14-7-9-18-11-14/h7,9,11,16H,5-6,8,10,12-13H2,1-4H3. The molecule has 0 aliphatic carbocycles. The van der Waals surface area contributed by atoms with E-state index in [-0.39, 0.29) is 0 Å². The molecule has 1 N–H and O–H groups in total. The van der Waals surface area contributed by atoms with Crippen molar-refractivity contribution in [3.63, 3.8) is 0 Å². The van der Waals surface area contributed by atoms with E-state index in [0.29, 0.717) is 5.41 Å². The number of hydrogen-bond acceptors (Lipinski definition) is 3. The van der Waals surface area contributed by atoms with Crippen LogP contribution in [-0.2, 0) is 6.54 Å². The van der Waals surface area contributed by atoms with Gasteiger partial charge in [-0.2, -0.15) is 0 Å². The van der Waals surface area contributed by atoms with Gasteiger partial charge in [-0.25, -0.2) is 0 Å². The average molecular weight is 252 g/mol. The Morgan fingerprint density at radius 1 is 1.39 bits per heavy atom. The number of furan rings is 1. The molecule has 0 aliphatic rings. The summed E-state index contributed by atoms with van der Waals surface area (Å²) in [5, 5.41) is 3.49. The first-order valence-corrected chi connectivity index (χ1v) is 7.00. The zero-order valence-corrected chi connectivity index (χ0v) is 12.3. The molecule has 1 rings (SSSR count). The normalized spacial score (nSPS) is 14.9. The molecule has 0 amide bonds. The smallest absolute Gasteiger partial charge is 0.0947 e. The van der Waals surface area contributed by atoms with Crippen molar-refractivity contribution in [1.29, 1.82) is 0 Å². The van der Waals surface area contributed by atoms with Crippen LogP contribution in [0.4, 0.5) is 0 Å². The van der Waals surface area contributed by atoms with Crippen LogP contribution >= 0.6 is 0 Å². The molecule has 0 aromatic carbocycles. The molecule has 18 heavy (non-hydrogen) atoms. The van der Waals surface area contributed by atoms with Gasteiger partial charge in [0.05, 0.1) is 12.5 Å². The lowest BCUT2D eigenvalue weighted by molar-refractivity contribution is 0.169. The molecule has 0 saturated carbocycles. The summed E-state index contributed by atoms with van der Waals surface area (Å²) >= 11 is 0. The van der Waals surface area contributed by atoms with Crippen LogP contribution in [0.2, 0.25) is 0 Å². The second-order valence-corrected chi connectivity index (χ2v) is 5.64. The minimum atomic E-state index is 0.350.